The summed E-state index contributed by atoms with van der Waals surface area (Å²) >= 11 is 0. The smallest absolute Gasteiger partial charge is 0.305 e. The number of nitrogens with zero attached hydrogens (tertiary/aromatic N) is 1. The van der Waals surface area contributed by atoms with Crippen molar-refractivity contribution >= 4 is 11.9 Å². The fraction of sp³-hybridized carbons (Fsp3) is 0.833. The standard InChI is InChI=1S/C12H22N2O3/c1-8-5-3-4-6-10(8)14(2)12(17)9(13)7-11(15)16/h8-10H,3-7,13H2,1-2H3,(H,15,16). The van der Waals surface area contributed by atoms with Crippen LogP contribution in [0.3, 0.4) is 0 Å². The van der Waals surface area contributed by atoms with Gasteiger partial charge in [-0.1, -0.05) is 19.8 Å². The molecule has 0 radical (unpaired) electrons. The Morgan fingerprint density at radius 2 is 2.00 bits per heavy atom. The third-order valence-electron chi connectivity index (χ3n) is 3.62. The van der Waals surface area contributed by atoms with Crippen LogP contribution >= 0.6 is 0 Å². The number of aliphatic carboxylic acids is 1. The molecule has 0 spiro atoms. The third kappa shape index (κ3) is 3.70. The van der Waals surface area contributed by atoms with E-state index in [0.717, 1.165) is 19.3 Å². The maximum absolute atomic E-state index is 12.0. The highest BCUT2D eigenvalue weighted by atomic mass is 16.4. The second-order valence-corrected chi connectivity index (χ2v) is 4.98. The van der Waals surface area contributed by atoms with Gasteiger partial charge in [0.2, 0.25) is 5.91 Å². The summed E-state index contributed by atoms with van der Waals surface area (Å²) in [7, 11) is 1.73. The van der Waals surface area contributed by atoms with Crippen molar-refractivity contribution in [3.63, 3.8) is 0 Å². The van der Waals surface area contributed by atoms with Crippen LogP contribution in [0.15, 0.2) is 0 Å². The highest BCUT2D eigenvalue weighted by Gasteiger charge is 2.30. The molecule has 5 heteroatoms. The summed E-state index contributed by atoms with van der Waals surface area (Å²) in [5, 5.41) is 8.63. The van der Waals surface area contributed by atoms with E-state index in [1.165, 1.54) is 6.42 Å². The molecule has 0 aromatic heterocycles. The van der Waals surface area contributed by atoms with Crippen LogP contribution in [-0.4, -0.2) is 41.0 Å². The van der Waals surface area contributed by atoms with Crippen LogP contribution in [0.1, 0.15) is 39.0 Å². The molecule has 1 saturated carbocycles. The lowest BCUT2D eigenvalue weighted by Gasteiger charge is -2.37. The average Bonchev–Trinajstić information content (AvgIpc) is 2.27. The van der Waals surface area contributed by atoms with Gasteiger partial charge in [0.05, 0.1) is 12.5 Å². The summed E-state index contributed by atoms with van der Waals surface area (Å²) in [5.41, 5.74) is 5.60. The van der Waals surface area contributed by atoms with E-state index >= 15 is 0 Å². The molecule has 98 valence electrons. The van der Waals surface area contributed by atoms with Gasteiger partial charge in [-0.25, -0.2) is 0 Å². The van der Waals surface area contributed by atoms with Gasteiger partial charge in [0.1, 0.15) is 0 Å². The van der Waals surface area contributed by atoms with Gasteiger partial charge >= 0.3 is 5.97 Å². The Morgan fingerprint density at radius 1 is 1.41 bits per heavy atom. The zero-order valence-corrected chi connectivity index (χ0v) is 10.6. The maximum atomic E-state index is 12.0. The monoisotopic (exact) mass is 242 g/mol. The van der Waals surface area contributed by atoms with E-state index in [2.05, 4.69) is 6.92 Å². The molecule has 0 heterocycles. The van der Waals surface area contributed by atoms with E-state index in [1.807, 2.05) is 0 Å². The number of carboxylic acid groups (broad SMARTS) is 1. The summed E-state index contributed by atoms with van der Waals surface area (Å²) in [6.45, 7) is 2.14. The zero-order chi connectivity index (χ0) is 13.0. The van der Waals surface area contributed by atoms with Crippen molar-refractivity contribution in [3.05, 3.63) is 0 Å². The number of nitrogens with two attached hydrogens (primary N) is 1. The lowest BCUT2D eigenvalue weighted by molar-refractivity contribution is -0.142. The molecule has 1 rings (SSSR count). The largest absolute Gasteiger partial charge is 0.481 e. The topological polar surface area (TPSA) is 83.6 Å². The Kier molecular flexibility index (Phi) is 4.93. The minimum absolute atomic E-state index is 0.205. The molecule has 1 aliphatic carbocycles. The van der Waals surface area contributed by atoms with Crippen LogP contribution in [0.4, 0.5) is 0 Å². The molecule has 1 fully saturated rings. The highest BCUT2D eigenvalue weighted by molar-refractivity contribution is 5.86. The predicted molar refractivity (Wildman–Crippen MR) is 64.4 cm³/mol. The molecule has 1 amide bonds. The van der Waals surface area contributed by atoms with E-state index in [4.69, 9.17) is 10.8 Å². The lowest BCUT2D eigenvalue weighted by Crippen LogP contribution is -2.50. The van der Waals surface area contributed by atoms with Crippen molar-refractivity contribution in [1.82, 2.24) is 4.90 Å². The molecule has 3 unspecified atom stereocenters. The van der Waals surface area contributed by atoms with Gasteiger partial charge in [0, 0.05) is 13.1 Å². The fourth-order valence-electron chi connectivity index (χ4n) is 2.57. The van der Waals surface area contributed by atoms with Gasteiger partial charge < -0.3 is 15.7 Å². The normalized spacial score (nSPS) is 26.3. The number of hydrogen-bond donors (Lipinski definition) is 2. The number of amides is 1. The summed E-state index contributed by atoms with van der Waals surface area (Å²) in [5.74, 6) is -0.822. The molecule has 5 nitrogen and oxygen atoms in total. The molecule has 3 N–H and O–H groups in total. The first-order valence-electron chi connectivity index (χ1n) is 6.17. The second kappa shape index (κ2) is 6.00. The van der Waals surface area contributed by atoms with E-state index in [1.54, 1.807) is 11.9 Å². The number of hydrogen-bond acceptors (Lipinski definition) is 3. The van der Waals surface area contributed by atoms with Crippen LogP contribution in [0.2, 0.25) is 0 Å². The Balaban J connectivity index is 2.58. The first-order valence-corrected chi connectivity index (χ1v) is 6.17. The summed E-state index contributed by atoms with van der Waals surface area (Å²) in [4.78, 5) is 24.1. The highest BCUT2D eigenvalue weighted by Crippen LogP contribution is 2.27. The van der Waals surface area contributed by atoms with Gasteiger partial charge in [-0.3, -0.25) is 9.59 Å². The van der Waals surface area contributed by atoms with Gasteiger partial charge in [0.15, 0.2) is 0 Å². The Hall–Kier alpha value is -1.10. The summed E-state index contributed by atoms with van der Waals surface area (Å²) in [6, 6.07) is -0.720. The second-order valence-electron chi connectivity index (χ2n) is 4.98. The molecular weight excluding hydrogens is 220 g/mol. The number of carbonyl (C=O) groups excluding carboxylic acids is 1. The third-order valence-corrected chi connectivity index (χ3v) is 3.62. The molecule has 1 aliphatic rings. The van der Waals surface area contributed by atoms with Crippen molar-refractivity contribution in [1.29, 1.82) is 0 Å². The van der Waals surface area contributed by atoms with Crippen molar-refractivity contribution in [2.45, 2.75) is 51.1 Å². The van der Waals surface area contributed by atoms with Crippen molar-refractivity contribution in [2.75, 3.05) is 7.05 Å². The lowest BCUT2D eigenvalue weighted by atomic mass is 9.85. The molecule has 3 atom stereocenters. The maximum Gasteiger partial charge on any atom is 0.305 e. The minimum Gasteiger partial charge on any atom is -0.481 e. The van der Waals surface area contributed by atoms with E-state index in [-0.39, 0.29) is 18.4 Å². The first-order chi connectivity index (χ1) is 7.93. The van der Waals surface area contributed by atoms with Crippen LogP contribution in [0.5, 0.6) is 0 Å². The van der Waals surface area contributed by atoms with Gasteiger partial charge in [-0.15, -0.1) is 0 Å². The molecule has 0 saturated heterocycles. The quantitative estimate of drug-likeness (QED) is 0.764. The number of likely N-dealkylation sites (N-methyl/N-ethyl adjacent to an activating group) is 1. The van der Waals surface area contributed by atoms with E-state index in [0.29, 0.717) is 5.92 Å². The number of carbonyl (C=O) groups is 2. The first kappa shape index (κ1) is 14.0. The fourth-order valence-corrected chi connectivity index (χ4v) is 2.57. The van der Waals surface area contributed by atoms with Gasteiger partial charge in [-0.2, -0.15) is 0 Å². The molecular formula is C12H22N2O3. The number of rotatable bonds is 4. The van der Waals surface area contributed by atoms with Crippen LogP contribution in [-0.2, 0) is 9.59 Å². The van der Waals surface area contributed by atoms with Crippen molar-refractivity contribution in [2.24, 2.45) is 11.7 Å². The summed E-state index contributed by atoms with van der Waals surface area (Å²) in [6.07, 6.45) is 4.14. The van der Waals surface area contributed by atoms with Crippen LogP contribution in [0.25, 0.3) is 0 Å². The van der Waals surface area contributed by atoms with Gasteiger partial charge in [0.25, 0.3) is 0 Å². The van der Waals surface area contributed by atoms with E-state index in [9.17, 15) is 9.59 Å². The Morgan fingerprint density at radius 3 is 2.53 bits per heavy atom. The molecule has 0 aromatic rings. The molecule has 0 bridgehead atoms. The minimum atomic E-state index is -1.03. The Labute approximate surface area is 102 Å². The van der Waals surface area contributed by atoms with E-state index < -0.39 is 12.0 Å². The molecule has 0 aliphatic heterocycles. The summed E-state index contributed by atoms with van der Waals surface area (Å²) < 4.78 is 0. The van der Waals surface area contributed by atoms with Crippen LogP contribution in [0, 0.1) is 5.92 Å². The number of carboxylic acids is 1. The molecule has 17 heavy (non-hydrogen) atoms. The average molecular weight is 242 g/mol. The zero-order valence-electron chi connectivity index (χ0n) is 10.6. The Bertz CT molecular complexity index is 293. The SMILES string of the molecule is CC1CCCCC1N(C)C(=O)C(N)CC(=O)O. The molecule has 0 aromatic carbocycles. The van der Waals surface area contributed by atoms with Crippen molar-refractivity contribution in [3.8, 4) is 0 Å². The van der Waals surface area contributed by atoms with Crippen LogP contribution < -0.4 is 5.73 Å². The van der Waals surface area contributed by atoms with Crippen molar-refractivity contribution < 1.29 is 14.7 Å². The van der Waals surface area contributed by atoms with Gasteiger partial charge in [-0.05, 0) is 18.8 Å². The predicted octanol–water partition coefficient (Wildman–Crippen LogP) is 0.825.